The molecule has 0 aliphatic carbocycles. The summed E-state index contributed by atoms with van der Waals surface area (Å²) in [5.74, 6) is -0.131. The van der Waals surface area contributed by atoms with E-state index in [0.717, 1.165) is 16.5 Å². The molecule has 2 N–H and O–H groups in total. The summed E-state index contributed by atoms with van der Waals surface area (Å²) in [6, 6.07) is 6.26. The minimum Gasteiger partial charge on any atom is -0.361 e. The molecule has 1 aromatic carbocycles. The zero-order chi connectivity index (χ0) is 13.4. The van der Waals surface area contributed by atoms with Crippen LogP contribution in [0.4, 0.5) is 0 Å². The molecule has 19 heavy (non-hydrogen) atoms. The van der Waals surface area contributed by atoms with Gasteiger partial charge in [0.1, 0.15) is 6.04 Å². The molecule has 0 unspecified atom stereocenters. The van der Waals surface area contributed by atoms with E-state index >= 15 is 0 Å². The summed E-state index contributed by atoms with van der Waals surface area (Å²) in [5.41, 5.74) is 1.70. The second-order valence-electron chi connectivity index (χ2n) is 4.73. The zero-order valence-corrected chi connectivity index (χ0v) is 10.1. The fourth-order valence-corrected chi connectivity index (χ4v) is 2.65. The monoisotopic (exact) mass is 259 g/mol. The molecule has 1 saturated heterocycles. The lowest BCUT2D eigenvalue weighted by molar-refractivity contribution is -0.529. The van der Waals surface area contributed by atoms with Gasteiger partial charge in [-0.2, -0.15) is 0 Å². The molecule has 2 atom stereocenters. The van der Waals surface area contributed by atoms with Crippen molar-refractivity contribution in [3.05, 3.63) is 46.1 Å². The number of amides is 1. The van der Waals surface area contributed by atoms with E-state index in [4.69, 9.17) is 0 Å². The third-order valence-corrected chi connectivity index (χ3v) is 3.60. The van der Waals surface area contributed by atoms with Crippen LogP contribution in [-0.2, 0) is 4.79 Å². The number of nitrogens with one attached hydrogen (secondary N) is 2. The maximum atomic E-state index is 11.5. The van der Waals surface area contributed by atoms with Gasteiger partial charge in [-0.1, -0.05) is 18.2 Å². The normalized spacial score (nSPS) is 23.3. The van der Waals surface area contributed by atoms with Crippen LogP contribution in [0.3, 0.4) is 0 Å². The number of aromatic amines is 1. The molecule has 6 heteroatoms. The second-order valence-corrected chi connectivity index (χ2v) is 4.73. The fourth-order valence-electron chi connectivity index (χ4n) is 2.65. The van der Waals surface area contributed by atoms with Gasteiger partial charge in [-0.25, -0.2) is 0 Å². The maximum Gasteiger partial charge on any atom is 0.237 e. The lowest BCUT2D eigenvalue weighted by atomic mass is 9.92. The van der Waals surface area contributed by atoms with Gasteiger partial charge in [0.15, 0.2) is 0 Å². The number of nitro groups is 1. The molecule has 2 heterocycles. The first-order valence-electron chi connectivity index (χ1n) is 6.15. The van der Waals surface area contributed by atoms with Crippen molar-refractivity contribution in [3.8, 4) is 0 Å². The quantitative estimate of drug-likeness (QED) is 0.636. The lowest BCUT2D eigenvalue weighted by Gasteiger charge is -2.26. The smallest absolute Gasteiger partial charge is 0.237 e. The van der Waals surface area contributed by atoms with E-state index in [0.29, 0.717) is 0 Å². The van der Waals surface area contributed by atoms with Crippen LogP contribution in [0.15, 0.2) is 30.5 Å². The molecule has 1 aromatic heterocycles. The van der Waals surface area contributed by atoms with Crippen LogP contribution < -0.4 is 5.32 Å². The molecule has 6 nitrogen and oxygen atoms in total. The van der Waals surface area contributed by atoms with Gasteiger partial charge in [0.2, 0.25) is 11.9 Å². The van der Waals surface area contributed by atoms with Gasteiger partial charge >= 0.3 is 0 Å². The third-order valence-electron chi connectivity index (χ3n) is 3.60. The van der Waals surface area contributed by atoms with E-state index in [1.54, 1.807) is 6.20 Å². The number of carbonyl (C=O) groups is 1. The van der Waals surface area contributed by atoms with Crippen molar-refractivity contribution in [3.63, 3.8) is 0 Å². The number of nitrogens with zero attached hydrogens (tertiary/aromatic N) is 1. The van der Waals surface area contributed by atoms with Gasteiger partial charge in [0, 0.05) is 40.4 Å². The number of carbonyl (C=O) groups excluding carboxylic acids is 1. The highest BCUT2D eigenvalue weighted by Crippen LogP contribution is 2.31. The Balaban J connectivity index is 2.06. The van der Waals surface area contributed by atoms with Crippen LogP contribution in [0.2, 0.25) is 0 Å². The predicted molar refractivity (Wildman–Crippen MR) is 69.2 cm³/mol. The summed E-state index contributed by atoms with van der Waals surface area (Å²) >= 11 is 0. The van der Waals surface area contributed by atoms with Crippen molar-refractivity contribution in [2.45, 2.75) is 24.9 Å². The minimum atomic E-state index is -0.767. The minimum absolute atomic E-state index is 0.131. The van der Waals surface area contributed by atoms with Crippen LogP contribution in [0.5, 0.6) is 0 Å². The van der Waals surface area contributed by atoms with Gasteiger partial charge < -0.3 is 10.3 Å². The second kappa shape index (κ2) is 4.38. The van der Waals surface area contributed by atoms with E-state index in [9.17, 15) is 14.9 Å². The van der Waals surface area contributed by atoms with Crippen LogP contribution >= 0.6 is 0 Å². The zero-order valence-electron chi connectivity index (χ0n) is 10.1. The van der Waals surface area contributed by atoms with Gasteiger partial charge in [0.25, 0.3) is 0 Å². The van der Waals surface area contributed by atoms with Crippen molar-refractivity contribution in [1.29, 1.82) is 0 Å². The predicted octanol–water partition coefficient (Wildman–Crippen LogP) is 1.76. The standard InChI is InChI=1S/C13H13N3O3/c17-12-6-5-11(16(18)19)13(15-12)9-7-14-10-4-2-1-3-8(9)10/h1-4,7,11,13-14H,5-6H2,(H,15,17)/t11-,13+/m0/s1. The number of hydrogen-bond donors (Lipinski definition) is 2. The Hall–Kier alpha value is -2.37. The summed E-state index contributed by atoms with van der Waals surface area (Å²) in [6.07, 6.45) is 2.24. The van der Waals surface area contributed by atoms with E-state index < -0.39 is 12.1 Å². The molecule has 1 amide bonds. The number of rotatable bonds is 2. The summed E-state index contributed by atoms with van der Waals surface area (Å²) in [6.45, 7) is 0. The number of para-hydroxylation sites is 1. The average Bonchev–Trinajstić information content (AvgIpc) is 2.82. The molecule has 1 aliphatic rings. The Bertz CT molecular complexity index is 649. The van der Waals surface area contributed by atoms with Crippen LogP contribution in [0.1, 0.15) is 24.4 Å². The highest BCUT2D eigenvalue weighted by molar-refractivity contribution is 5.85. The van der Waals surface area contributed by atoms with Gasteiger partial charge in [-0.05, 0) is 6.07 Å². The number of aromatic nitrogens is 1. The molecular weight excluding hydrogens is 246 g/mol. The van der Waals surface area contributed by atoms with E-state index in [1.165, 1.54) is 0 Å². The first-order valence-corrected chi connectivity index (χ1v) is 6.15. The Morgan fingerprint density at radius 2 is 2.11 bits per heavy atom. The SMILES string of the molecule is O=C1CC[C@H]([N+](=O)[O-])[C@@H](c2c[nH]c3ccccc23)N1. The van der Waals surface area contributed by atoms with Crippen LogP contribution in [0, 0.1) is 10.1 Å². The number of hydrogen-bond acceptors (Lipinski definition) is 3. The molecule has 2 aromatic rings. The first-order chi connectivity index (χ1) is 9.16. The van der Waals surface area contributed by atoms with Crippen molar-refractivity contribution in [1.82, 2.24) is 10.3 Å². The van der Waals surface area contributed by atoms with E-state index in [1.807, 2.05) is 24.3 Å². The first kappa shape index (κ1) is 11.7. The molecule has 3 rings (SSSR count). The largest absolute Gasteiger partial charge is 0.361 e. The lowest BCUT2D eigenvalue weighted by Crippen LogP contribution is -2.45. The average molecular weight is 259 g/mol. The van der Waals surface area contributed by atoms with Crippen molar-refractivity contribution in [2.75, 3.05) is 0 Å². The van der Waals surface area contributed by atoms with Crippen LogP contribution in [-0.4, -0.2) is 21.9 Å². The summed E-state index contributed by atoms with van der Waals surface area (Å²) in [7, 11) is 0. The number of H-pyrrole nitrogens is 1. The van der Waals surface area contributed by atoms with E-state index in [-0.39, 0.29) is 23.7 Å². The molecule has 0 spiro atoms. The maximum absolute atomic E-state index is 11.5. The number of piperidine rings is 1. The summed E-state index contributed by atoms with van der Waals surface area (Å²) < 4.78 is 0. The van der Waals surface area contributed by atoms with Crippen molar-refractivity contribution >= 4 is 16.8 Å². The molecule has 1 fully saturated rings. The summed E-state index contributed by atoms with van der Waals surface area (Å²) in [4.78, 5) is 25.5. The van der Waals surface area contributed by atoms with E-state index in [2.05, 4.69) is 10.3 Å². The molecule has 1 aliphatic heterocycles. The third kappa shape index (κ3) is 1.95. The molecule has 0 radical (unpaired) electrons. The number of benzene rings is 1. The van der Waals surface area contributed by atoms with Crippen molar-refractivity contribution in [2.24, 2.45) is 0 Å². The van der Waals surface area contributed by atoms with Gasteiger partial charge in [0.05, 0.1) is 0 Å². The molecule has 0 saturated carbocycles. The topological polar surface area (TPSA) is 88.0 Å². The van der Waals surface area contributed by atoms with Crippen molar-refractivity contribution < 1.29 is 9.72 Å². The molecule has 0 bridgehead atoms. The Labute approximate surface area is 109 Å². The fraction of sp³-hybridized carbons (Fsp3) is 0.308. The molecule has 98 valence electrons. The Morgan fingerprint density at radius 1 is 1.32 bits per heavy atom. The van der Waals surface area contributed by atoms with Gasteiger partial charge in [-0.3, -0.25) is 14.9 Å². The molecular formula is C13H13N3O3. The summed E-state index contributed by atoms with van der Waals surface area (Å²) in [5, 5.41) is 14.8. The van der Waals surface area contributed by atoms with Gasteiger partial charge in [-0.15, -0.1) is 0 Å². The number of fused-ring (bicyclic) bond motifs is 1. The highest BCUT2D eigenvalue weighted by Gasteiger charge is 2.39. The Kier molecular flexibility index (Phi) is 2.70. The van der Waals surface area contributed by atoms with Crippen LogP contribution in [0.25, 0.3) is 10.9 Å². The Morgan fingerprint density at radius 3 is 2.89 bits per heavy atom. The highest BCUT2D eigenvalue weighted by atomic mass is 16.6.